The summed E-state index contributed by atoms with van der Waals surface area (Å²) in [5.41, 5.74) is -0.719. The topological polar surface area (TPSA) is 102 Å². The standard InChI is InChI=1S/C14H10FNO6S/c15-9-5-4-8(14(17)18)6-10(9)16-23(19,20)12-3-1-2-11-13(12)22-7-21-11/h1-6,16H,7H2,(H,17,18). The van der Waals surface area contributed by atoms with Gasteiger partial charge in [0, 0.05) is 0 Å². The molecule has 0 aliphatic carbocycles. The van der Waals surface area contributed by atoms with Gasteiger partial charge in [-0.1, -0.05) is 6.07 Å². The summed E-state index contributed by atoms with van der Waals surface area (Å²) in [6.45, 7) is -0.120. The molecule has 0 radical (unpaired) electrons. The van der Waals surface area contributed by atoms with Gasteiger partial charge in [-0.2, -0.15) is 0 Å². The van der Waals surface area contributed by atoms with Crippen LogP contribution < -0.4 is 14.2 Å². The molecule has 23 heavy (non-hydrogen) atoms. The molecule has 1 heterocycles. The zero-order valence-corrected chi connectivity index (χ0v) is 12.3. The highest BCUT2D eigenvalue weighted by Gasteiger charge is 2.27. The van der Waals surface area contributed by atoms with Crippen LogP contribution in [-0.2, 0) is 10.0 Å². The zero-order chi connectivity index (χ0) is 16.6. The number of sulfonamides is 1. The minimum absolute atomic E-state index is 0.0230. The maximum atomic E-state index is 13.8. The summed E-state index contributed by atoms with van der Waals surface area (Å²) >= 11 is 0. The number of carboxylic acid groups (broad SMARTS) is 1. The average molecular weight is 339 g/mol. The Labute approximate surface area is 130 Å². The molecule has 2 N–H and O–H groups in total. The van der Waals surface area contributed by atoms with E-state index in [2.05, 4.69) is 0 Å². The second-order valence-electron chi connectivity index (χ2n) is 4.60. The predicted octanol–water partition coefficient (Wildman–Crippen LogP) is 2.05. The number of para-hydroxylation sites is 1. The third-order valence-corrected chi connectivity index (χ3v) is 4.50. The Morgan fingerprint density at radius 2 is 2.00 bits per heavy atom. The highest BCUT2D eigenvalue weighted by Crippen LogP contribution is 2.38. The number of benzene rings is 2. The summed E-state index contributed by atoms with van der Waals surface area (Å²) in [7, 11) is -4.19. The van der Waals surface area contributed by atoms with Crippen LogP contribution in [0.3, 0.4) is 0 Å². The number of carbonyl (C=O) groups is 1. The van der Waals surface area contributed by atoms with Gasteiger partial charge in [-0.15, -0.1) is 0 Å². The number of carboxylic acids is 1. The first-order valence-corrected chi connectivity index (χ1v) is 7.81. The summed E-state index contributed by atoms with van der Waals surface area (Å²) in [5.74, 6) is -1.92. The lowest BCUT2D eigenvalue weighted by atomic mass is 10.2. The summed E-state index contributed by atoms with van der Waals surface area (Å²) in [5, 5.41) is 8.91. The van der Waals surface area contributed by atoms with Crippen LogP contribution in [0, 0.1) is 5.82 Å². The first-order valence-electron chi connectivity index (χ1n) is 6.33. The smallest absolute Gasteiger partial charge is 0.335 e. The first kappa shape index (κ1) is 15.1. The van der Waals surface area contributed by atoms with Crippen molar-refractivity contribution in [2.24, 2.45) is 0 Å². The van der Waals surface area contributed by atoms with E-state index in [1.807, 2.05) is 4.72 Å². The Morgan fingerprint density at radius 1 is 1.22 bits per heavy atom. The van der Waals surface area contributed by atoms with E-state index in [1.54, 1.807) is 0 Å². The molecule has 0 saturated carbocycles. The highest BCUT2D eigenvalue weighted by atomic mass is 32.2. The Morgan fingerprint density at radius 3 is 2.74 bits per heavy atom. The first-order chi connectivity index (χ1) is 10.9. The van der Waals surface area contributed by atoms with Crippen molar-refractivity contribution in [2.75, 3.05) is 11.5 Å². The van der Waals surface area contributed by atoms with Crippen molar-refractivity contribution in [2.45, 2.75) is 4.90 Å². The summed E-state index contributed by atoms with van der Waals surface area (Å²) in [6.07, 6.45) is 0. The van der Waals surface area contributed by atoms with Crippen LogP contribution in [0.2, 0.25) is 0 Å². The average Bonchev–Trinajstić information content (AvgIpc) is 2.97. The molecule has 0 aromatic heterocycles. The van der Waals surface area contributed by atoms with Crippen molar-refractivity contribution in [3.63, 3.8) is 0 Å². The van der Waals surface area contributed by atoms with E-state index in [0.29, 0.717) is 0 Å². The molecule has 0 spiro atoms. The number of aromatic carboxylic acids is 1. The van der Waals surface area contributed by atoms with Crippen molar-refractivity contribution in [1.82, 2.24) is 0 Å². The summed E-state index contributed by atoms with van der Waals surface area (Å²) < 4.78 is 50.9. The lowest BCUT2D eigenvalue weighted by Crippen LogP contribution is -2.15. The van der Waals surface area contributed by atoms with Gasteiger partial charge in [-0.05, 0) is 30.3 Å². The molecule has 120 valence electrons. The van der Waals surface area contributed by atoms with Gasteiger partial charge in [-0.25, -0.2) is 17.6 Å². The van der Waals surface area contributed by atoms with E-state index >= 15 is 0 Å². The maximum absolute atomic E-state index is 13.8. The van der Waals surface area contributed by atoms with Gasteiger partial charge in [-0.3, -0.25) is 4.72 Å². The van der Waals surface area contributed by atoms with Crippen LogP contribution in [0.15, 0.2) is 41.3 Å². The van der Waals surface area contributed by atoms with E-state index < -0.39 is 27.5 Å². The normalized spacial score (nSPS) is 12.9. The van der Waals surface area contributed by atoms with Crippen molar-refractivity contribution in [1.29, 1.82) is 0 Å². The lowest BCUT2D eigenvalue weighted by molar-refractivity contribution is 0.0697. The number of hydrogen-bond donors (Lipinski definition) is 2. The molecule has 0 amide bonds. The minimum atomic E-state index is -4.19. The fraction of sp³-hybridized carbons (Fsp3) is 0.0714. The van der Waals surface area contributed by atoms with Crippen LogP contribution in [0.25, 0.3) is 0 Å². The molecule has 0 bridgehead atoms. The third-order valence-electron chi connectivity index (χ3n) is 3.11. The number of halogens is 1. The van der Waals surface area contributed by atoms with Crippen molar-refractivity contribution >= 4 is 21.7 Å². The van der Waals surface area contributed by atoms with E-state index in [0.717, 1.165) is 18.2 Å². The zero-order valence-electron chi connectivity index (χ0n) is 11.4. The number of anilines is 1. The number of hydrogen-bond acceptors (Lipinski definition) is 5. The number of ether oxygens (including phenoxy) is 2. The van der Waals surface area contributed by atoms with Crippen LogP contribution in [0.1, 0.15) is 10.4 Å². The maximum Gasteiger partial charge on any atom is 0.335 e. The third kappa shape index (κ3) is 2.78. The molecular weight excluding hydrogens is 329 g/mol. The number of rotatable bonds is 4. The van der Waals surface area contributed by atoms with Gasteiger partial charge >= 0.3 is 5.97 Å². The molecule has 1 aliphatic rings. The second kappa shape index (κ2) is 5.43. The molecule has 0 saturated heterocycles. The quantitative estimate of drug-likeness (QED) is 0.884. The van der Waals surface area contributed by atoms with Gasteiger partial charge in [0.1, 0.15) is 10.7 Å². The highest BCUT2D eigenvalue weighted by molar-refractivity contribution is 7.92. The Balaban J connectivity index is 2.01. The SMILES string of the molecule is O=C(O)c1ccc(F)c(NS(=O)(=O)c2cccc3c2OCO3)c1. The molecule has 2 aromatic rings. The molecule has 0 fully saturated rings. The molecule has 1 aliphatic heterocycles. The van der Waals surface area contributed by atoms with E-state index in [-0.39, 0.29) is 28.8 Å². The fourth-order valence-electron chi connectivity index (χ4n) is 2.05. The van der Waals surface area contributed by atoms with Crippen molar-refractivity contribution in [3.8, 4) is 11.5 Å². The fourth-order valence-corrected chi connectivity index (χ4v) is 3.27. The van der Waals surface area contributed by atoms with Gasteiger partial charge in [0.15, 0.2) is 11.5 Å². The molecule has 3 rings (SSSR count). The van der Waals surface area contributed by atoms with Gasteiger partial charge in [0.05, 0.1) is 11.3 Å². The van der Waals surface area contributed by atoms with Gasteiger partial charge in [0.2, 0.25) is 6.79 Å². The summed E-state index contributed by atoms with van der Waals surface area (Å²) in [4.78, 5) is 10.7. The van der Waals surface area contributed by atoms with Crippen molar-refractivity contribution in [3.05, 3.63) is 47.8 Å². The van der Waals surface area contributed by atoms with Crippen LogP contribution in [0.5, 0.6) is 11.5 Å². The van der Waals surface area contributed by atoms with E-state index in [9.17, 15) is 17.6 Å². The van der Waals surface area contributed by atoms with Gasteiger partial charge in [0.25, 0.3) is 10.0 Å². The molecular formula is C14H10FNO6S. The van der Waals surface area contributed by atoms with Gasteiger partial charge < -0.3 is 14.6 Å². The molecule has 7 nitrogen and oxygen atoms in total. The monoisotopic (exact) mass is 339 g/mol. The van der Waals surface area contributed by atoms with Crippen LogP contribution in [-0.4, -0.2) is 26.3 Å². The van der Waals surface area contributed by atoms with Crippen molar-refractivity contribution < 1.29 is 32.2 Å². The molecule has 0 unspecified atom stereocenters. The summed E-state index contributed by atoms with van der Waals surface area (Å²) in [6, 6.07) is 7.06. The second-order valence-corrected chi connectivity index (χ2v) is 6.25. The molecule has 9 heteroatoms. The lowest BCUT2D eigenvalue weighted by Gasteiger charge is -2.11. The number of nitrogens with one attached hydrogen (secondary N) is 1. The Hall–Kier alpha value is -2.81. The molecule has 2 aromatic carbocycles. The minimum Gasteiger partial charge on any atom is -0.478 e. The van der Waals surface area contributed by atoms with E-state index in [1.165, 1.54) is 18.2 Å². The van der Waals surface area contributed by atoms with Crippen LogP contribution in [0.4, 0.5) is 10.1 Å². The number of fused-ring (bicyclic) bond motifs is 1. The molecule has 0 atom stereocenters. The van der Waals surface area contributed by atoms with E-state index in [4.69, 9.17) is 14.6 Å². The Kier molecular flexibility index (Phi) is 3.57. The van der Waals surface area contributed by atoms with Crippen LogP contribution >= 0.6 is 0 Å². The Bertz CT molecular complexity index is 896. The predicted molar refractivity (Wildman–Crippen MR) is 76.7 cm³/mol. The largest absolute Gasteiger partial charge is 0.478 e.